The summed E-state index contributed by atoms with van der Waals surface area (Å²) in [6, 6.07) is 9.59. The number of hydrogen-bond donors (Lipinski definition) is 1. The summed E-state index contributed by atoms with van der Waals surface area (Å²) in [5.41, 5.74) is 3.06. The van der Waals surface area contributed by atoms with Crippen molar-refractivity contribution in [3.63, 3.8) is 0 Å². The average molecular weight is 247 g/mol. The highest BCUT2D eigenvalue weighted by Crippen LogP contribution is 2.26. The lowest BCUT2D eigenvalue weighted by molar-refractivity contribution is 0.464. The van der Waals surface area contributed by atoms with E-state index in [9.17, 15) is 0 Å². The maximum Gasteiger partial charge on any atom is 0.0317 e. The molecule has 1 unspecified atom stereocenters. The monoisotopic (exact) mass is 247 g/mol. The third-order valence-corrected chi connectivity index (χ3v) is 3.56. The fraction of sp³-hybridized carbons (Fsp3) is 0.647. The van der Waals surface area contributed by atoms with Gasteiger partial charge in [0.05, 0.1) is 0 Å². The highest BCUT2D eigenvalue weighted by Gasteiger charge is 2.15. The largest absolute Gasteiger partial charge is 0.313 e. The third kappa shape index (κ3) is 4.45. The Morgan fingerprint density at radius 1 is 1.00 bits per heavy atom. The van der Waals surface area contributed by atoms with E-state index < -0.39 is 0 Å². The molecular formula is C17H29N. The van der Waals surface area contributed by atoms with Gasteiger partial charge in [-0.2, -0.15) is 0 Å². The minimum Gasteiger partial charge on any atom is -0.313 e. The first-order valence-electron chi connectivity index (χ1n) is 7.12. The molecule has 0 saturated carbocycles. The standard InChI is InChI=1S/C17H29N/c1-13(2)7-12-16(18-6)14-8-10-15(11-9-14)17(3,4)5/h8-11,13,16,18H,7,12H2,1-6H3. The molecule has 1 atom stereocenters. The van der Waals surface area contributed by atoms with Gasteiger partial charge in [0.25, 0.3) is 0 Å². The average Bonchev–Trinajstić information content (AvgIpc) is 2.29. The van der Waals surface area contributed by atoms with Crippen LogP contribution in [0.1, 0.15) is 64.6 Å². The molecule has 1 N–H and O–H groups in total. The summed E-state index contributed by atoms with van der Waals surface area (Å²) < 4.78 is 0. The Balaban J connectivity index is 2.76. The van der Waals surface area contributed by atoms with E-state index in [0.29, 0.717) is 6.04 Å². The van der Waals surface area contributed by atoms with Crippen molar-refractivity contribution in [2.45, 2.75) is 58.9 Å². The molecule has 0 bridgehead atoms. The van der Waals surface area contributed by atoms with Crippen molar-refractivity contribution in [1.29, 1.82) is 0 Å². The van der Waals surface area contributed by atoms with E-state index in [-0.39, 0.29) is 5.41 Å². The fourth-order valence-corrected chi connectivity index (χ4v) is 2.19. The summed E-state index contributed by atoms with van der Waals surface area (Å²) in [6.45, 7) is 11.4. The lowest BCUT2D eigenvalue weighted by Gasteiger charge is -2.22. The van der Waals surface area contributed by atoms with Gasteiger partial charge in [-0.1, -0.05) is 58.9 Å². The third-order valence-electron chi connectivity index (χ3n) is 3.56. The first kappa shape index (κ1) is 15.2. The molecular weight excluding hydrogens is 218 g/mol. The Hall–Kier alpha value is -0.820. The normalized spacial score (nSPS) is 13.9. The Morgan fingerprint density at radius 3 is 1.94 bits per heavy atom. The van der Waals surface area contributed by atoms with Crippen LogP contribution in [0.5, 0.6) is 0 Å². The Labute approximate surface area is 113 Å². The topological polar surface area (TPSA) is 12.0 Å². The van der Waals surface area contributed by atoms with E-state index in [1.807, 2.05) is 0 Å². The zero-order valence-corrected chi connectivity index (χ0v) is 12.9. The lowest BCUT2D eigenvalue weighted by atomic mass is 9.86. The molecule has 0 aliphatic carbocycles. The molecule has 1 aromatic carbocycles. The van der Waals surface area contributed by atoms with Gasteiger partial charge in [0, 0.05) is 6.04 Å². The molecule has 1 rings (SSSR count). The first-order chi connectivity index (χ1) is 8.34. The summed E-state index contributed by atoms with van der Waals surface area (Å²) in [5.74, 6) is 0.773. The van der Waals surface area contributed by atoms with Crippen LogP contribution in [-0.2, 0) is 5.41 Å². The van der Waals surface area contributed by atoms with Crippen molar-refractivity contribution < 1.29 is 0 Å². The van der Waals surface area contributed by atoms with E-state index in [1.165, 1.54) is 24.0 Å². The second kappa shape index (κ2) is 6.38. The van der Waals surface area contributed by atoms with Gasteiger partial charge in [0.1, 0.15) is 0 Å². The summed E-state index contributed by atoms with van der Waals surface area (Å²) >= 11 is 0. The molecule has 0 saturated heterocycles. The molecule has 0 fully saturated rings. The van der Waals surface area contributed by atoms with Gasteiger partial charge in [-0.25, -0.2) is 0 Å². The first-order valence-corrected chi connectivity index (χ1v) is 7.12. The molecule has 0 aliphatic heterocycles. The van der Waals surface area contributed by atoms with Gasteiger partial charge in [0.2, 0.25) is 0 Å². The molecule has 18 heavy (non-hydrogen) atoms. The number of benzene rings is 1. The van der Waals surface area contributed by atoms with E-state index in [4.69, 9.17) is 0 Å². The van der Waals surface area contributed by atoms with Crippen molar-refractivity contribution in [3.8, 4) is 0 Å². The maximum atomic E-state index is 3.43. The minimum absolute atomic E-state index is 0.242. The van der Waals surface area contributed by atoms with Gasteiger partial charge in [-0.15, -0.1) is 0 Å². The maximum absolute atomic E-state index is 3.43. The van der Waals surface area contributed by atoms with Crippen LogP contribution in [0.2, 0.25) is 0 Å². The van der Waals surface area contributed by atoms with Crippen LogP contribution in [0.3, 0.4) is 0 Å². The molecule has 0 aromatic heterocycles. The highest BCUT2D eigenvalue weighted by molar-refractivity contribution is 5.29. The Kier molecular flexibility index (Phi) is 5.40. The van der Waals surface area contributed by atoms with Crippen LogP contribution in [0, 0.1) is 5.92 Å². The van der Waals surface area contributed by atoms with Gasteiger partial charge in [0.15, 0.2) is 0 Å². The van der Waals surface area contributed by atoms with Crippen molar-refractivity contribution in [2.75, 3.05) is 7.05 Å². The number of hydrogen-bond acceptors (Lipinski definition) is 1. The molecule has 1 heteroatoms. The van der Waals surface area contributed by atoms with Gasteiger partial charge < -0.3 is 5.32 Å². The van der Waals surface area contributed by atoms with E-state index >= 15 is 0 Å². The van der Waals surface area contributed by atoms with Crippen molar-refractivity contribution in [1.82, 2.24) is 5.32 Å². The second-order valence-electron chi connectivity index (χ2n) is 6.68. The highest BCUT2D eigenvalue weighted by atomic mass is 14.9. The van der Waals surface area contributed by atoms with E-state index in [1.54, 1.807) is 0 Å². The predicted molar refractivity (Wildman–Crippen MR) is 81.0 cm³/mol. The smallest absolute Gasteiger partial charge is 0.0317 e. The molecule has 0 radical (unpaired) electrons. The van der Waals surface area contributed by atoms with Crippen LogP contribution < -0.4 is 5.32 Å². The van der Waals surface area contributed by atoms with E-state index in [0.717, 1.165) is 5.92 Å². The van der Waals surface area contributed by atoms with Crippen molar-refractivity contribution in [3.05, 3.63) is 35.4 Å². The lowest BCUT2D eigenvalue weighted by Crippen LogP contribution is -2.17. The van der Waals surface area contributed by atoms with Gasteiger partial charge >= 0.3 is 0 Å². The Bertz CT molecular complexity index is 343. The van der Waals surface area contributed by atoms with Crippen molar-refractivity contribution >= 4 is 0 Å². The zero-order valence-electron chi connectivity index (χ0n) is 12.9. The molecule has 1 nitrogen and oxygen atoms in total. The number of rotatable bonds is 5. The summed E-state index contributed by atoms with van der Waals surface area (Å²) in [4.78, 5) is 0. The minimum atomic E-state index is 0.242. The molecule has 1 aromatic rings. The zero-order chi connectivity index (χ0) is 13.8. The van der Waals surface area contributed by atoms with Crippen LogP contribution in [-0.4, -0.2) is 7.05 Å². The molecule has 102 valence electrons. The SMILES string of the molecule is CNC(CCC(C)C)c1ccc(C(C)(C)C)cc1. The fourth-order valence-electron chi connectivity index (χ4n) is 2.19. The Morgan fingerprint density at radius 2 is 1.56 bits per heavy atom. The van der Waals surface area contributed by atoms with Crippen LogP contribution in [0.25, 0.3) is 0 Å². The van der Waals surface area contributed by atoms with Gasteiger partial charge in [-0.3, -0.25) is 0 Å². The summed E-state index contributed by atoms with van der Waals surface area (Å²) in [5, 5.41) is 3.43. The molecule has 0 amide bonds. The number of nitrogens with one attached hydrogen (secondary N) is 1. The quantitative estimate of drug-likeness (QED) is 0.796. The van der Waals surface area contributed by atoms with Gasteiger partial charge in [-0.05, 0) is 42.3 Å². The van der Waals surface area contributed by atoms with Crippen LogP contribution in [0.4, 0.5) is 0 Å². The van der Waals surface area contributed by atoms with Crippen LogP contribution in [0.15, 0.2) is 24.3 Å². The summed E-state index contributed by atoms with van der Waals surface area (Å²) in [7, 11) is 2.06. The predicted octanol–water partition coefficient (Wildman–Crippen LogP) is 4.68. The molecule has 0 heterocycles. The van der Waals surface area contributed by atoms with Crippen LogP contribution >= 0.6 is 0 Å². The summed E-state index contributed by atoms with van der Waals surface area (Å²) in [6.07, 6.45) is 2.48. The second-order valence-corrected chi connectivity index (χ2v) is 6.68. The molecule has 0 aliphatic rings. The van der Waals surface area contributed by atoms with E-state index in [2.05, 4.69) is 71.2 Å². The van der Waals surface area contributed by atoms with Crippen molar-refractivity contribution in [2.24, 2.45) is 5.92 Å². The molecule has 0 spiro atoms.